The van der Waals surface area contributed by atoms with Crippen molar-refractivity contribution in [3.63, 3.8) is 0 Å². The molecule has 0 amide bonds. The number of hydrogen-bond acceptors (Lipinski definition) is 4. The molecule has 0 aromatic carbocycles. The molecule has 3 rings (SSSR count). The molecule has 0 aliphatic heterocycles. The molecule has 0 bridgehead atoms. The molecule has 0 fully saturated rings. The summed E-state index contributed by atoms with van der Waals surface area (Å²) in [6.45, 7) is 1.34. The van der Waals surface area contributed by atoms with E-state index in [2.05, 4.69) is 15.1 Å². The number of hydrogen-bond donors (Lipinski definition) is 1. The number of carboxylic acid groups (broad SMARTS) is 1. The zero-order valence-corrected chi connectivity index (χ0v) is 12.4. The number of carboxylic acids is 1. The molecule has 0 radical (unpaired) electrons. The van der Waals surface area contributed by atoms with Crippen molar-refractivity contribution >= 4 is 16.9 Å². The topological polar surface area (TPSA) is 80.9 Å². The maximum absolute atomic E-state index is 13.3. The normalized spacial score (nSPS) is 11.8. The molecule has 0 spiro atoms. The van der Waals surface area contributed by atoms with Crippen LogP contribution in [0.1, 0.15) is 23.0 Å². The minimum atomic E-state index is -4.84. The fraction of sp³-hybridized carbons (Fsp3) is 0.200. The SMILES string of the molecule is CCn1nc(-c2cncc3ncccc23)c(C(=O)O)c1C(F)(F)F. The van der Waals surface area contributed by atoms with Gasteiger partial charge < -0.3 is 5.11 Å². The molecule has 0 atom stereocenters. The predicted molar refractivity (Wildman–Crippen MR) is 78.4 cm³/mol. The van der Waals surface area contributed by atoms with E-state index in [-0.39, 0.29) is 17.8 Å². The molecule has 24 heavy (non-hydrogen) atoms. The van der Waals surface area contributed by atoms with Crippen LogP contribution in [0.2, 0.25) is 0 Å². The van der Waals surface area contributed by atoms with Crippen LogP contribution in [0.15, 0.2) is 30.7 Å². The Morgan fingerprint density at radius 1 is 1.33 bits per heavy atom. The summed E-state index contributed by atoms with van der Waals surface area (Å²) >= 11 is 0. The van der Waals surface area contributed by atoms with E-state index < -0.39 is 23.4 Å². The highest BCUT2D eigenvalue weighted by molar-refractivity contribution is 6.02. The molecule has 9 heteroatoms. The standard InChI is InChI=1S/C15H11F3N4O2/c1-2-22-13(15(16,17)18)11(14(23)24)12(21-22)9-6-19-7-10-8(9)4-3-5-20-10/h3-7H,2H2,1H3,(H,23,24). The van der Waals surface area contributed by atoms with Crippen molar-refractivity contribution in [1.82, 2.24) is 19.7 Å². The zero-order chi connectivity index (χ0) is 17.5. The van der Waals surface area contributed by atoms with Crippen molar-refractivity contribution in [2.45, 2.75) is 19.6 Å². The minimum Gasteiger partial charge on any atom is -0.478 e. The van der Waals surface area contributed by atoms with Gasteiger partial charge in [0.1, 0.15) is 11.3 Å². The molecule has 3 aromatic heterocycles. The molecule has 3 heterocycles. The quantitative estimate of drug-likeness (QED) is 0.794. The summed E-state index contributed by atoms with van der Waals surface area (Å²) in [6.07, 6.45) is -0.595. The number of aromatic nitrogens is 4. The Labute approximate surface area is 133 Å². The van der Waals surface area contributed by atoms with Crippen LogP contribution in [0.25, 0.3) is 22.2 Å². The van der Waals surface area contributed by atoms with Gasteiger partial charge in [0.25, 0.3) is 0 Å². The fourth-order valence-corrected chi connectivity index (χ4v) is 2.56. The Hall–Kier alpha value is -2.97. The number of rotatable bonds is 3. The lowest BCUT2D eigenvalue weighted by molar-refractivity contribution is -0.144. The van der Waals surface area contributed by atoms with E-state index >= 15 is 0 Å². The minimum absolute atomic E-state index is 0.119. The van der Waals surface area contributed by atoms with Crippen molar-refractivity contribution in [3.8, 4) is 11.3 Å². The summed E-state index contributed by atoms with van der Waals surface area (Å²) in [7, 11) is 0. The summed E-state index contributed by atoms with van der Waals surface area (Å²) in [5.74, 6) is -1.70. The largest absolute Gasteiger partial charge is 0.478 e. The molecule has 0 saturated heterocycles. The van der Waals surface area contributed by atoms with Gasteiger partial charge in [-0.3, -0.25) is 14.6 Å². The number of alkyl halides is 3. The molecular formula is C15H11F3N4O2. The molecule has 0 unspecified atom stereocenters. The van der Waals surface area contributed by atoms with E-state index in [4.69, 9.17) is 0 Å². The van der Waals surface area contributed by atoms with Gasteiger partial charge in [-0.25, -0.2) is 4.79 Å². The van der Waals surface area contributed by atoms with E-state index in [9.17, 15) is 23.1 Å². The second-order valence-corrected chi connectivity index (χ2v) is 4.95. The van der Waals surface area contributed by atoms with Crippen molar-refractivity contribution in [2.75, 3.05) is 0 Å². The molecule has 0 aliphatic carbocycles. The van der Waals surface area contributed by atoms with Crippen LogP contribution in [0.3, 0.4) is 0 Å². The van der Waals surface area contributed by atoms with Crippen LogP contribution < -0.4 is 0 Å². The van der Waals surface area contributed by atoms with Crippen molar-refractivity contribution in [2.24, 2.45) is 0 Å². The summed E-state index contributed by atoms with van der Waals surface area (Å²) < 4.78 is 40.7. The molecule has 1 N–H and O–H groups in total. The van der Waals surface area contributed by atoms with Gasteiger partial charge in [0.05, 0.1) is 11.7 Å². The number of nitrogens with zero attached hydrogens (tertiary/aromatic N) is 4. The first-order valence-electron chi connectivity index (χ1n) is 6.95. The second-order valence-electron chi connectivity index (χ2n) is 4.95. The highest BCUT2D eigenvalue weighted by atomic mass is 19.4. The van der Waals surface area contributed by atoms with Gasteiger partial charge >= 0.3 is 12.1 Å². The monoisotopic (exact) mass is 336 g/mol. The lowest BCUT2D eigenvalue weighted by Crippen LogP contribution is -2.17. The highest BCUT2D eigenvalue weighted by Gasteiger charge is 2.42. The predicted octanol–water partition coefficient (Wildman–Crippen LogP) is 3.23. The van der Waals surface area contributed by atoms with Crippen LogP contribution >= 0.6 is 0 Å². The number of carbonyl (C=O) groups is 1. The molecule has 0 aliphatic rings. The van der Waals surface area contributed by atoms with Crippen LogP contribution in [0, 0.1) is 0 Å². The zero-order valence-electron chi connectivity index (χ0n) is 12.4. The van der Waals surface area contributed by atoms with Gasteiger partial charge in [0.15, 0.2) is 5.69 Å². The molecule has 6 nitrogen and oxygen atoms in total. The Bertz CT molecular complexity index is 929. The van der Waals surface area contributed by atoms with Crippen LogP contribution in [0.4, 0.5) is 13.2 Å². The molecular weight excluding hydrogens is 325 g/mol. The first-order valence-corrected chi connectivity index (χ1v) is 6.95. The molecule has 0 saturated carbocycles. The summed E-state index contributed by atoms with van der Waals surface area (Å²) in [5.41, 5.74) is -1.82. The number of pyridine rings is 2. The summed E-state index contributed by atoms with van der Waals surface area (Å²) in [4.78, 5) is 19.5. The van der Waals surface area contributed by atoms with Gasteiger partial charge in [0.2, 0.25) is 0 Å². The van der Waals surface area contributed by atoms with E-state index in [1.54, 1.807) is 12.1 Å². The number of fused-ring (bicyclic) bond motifs is 1. The van der Waals surface area contributed by atoms with Crippen LogP contribution in [-0.2, 0) is 12.7 Å². The van der Waals surface area contributed by atoms with E-state index in [1.165, 1.54) is 25.5 Å². The summed E-state index contributed by atoms with van der Waals surface area (Å²) in [5, 5.41) is 13.7. The van der Waals surface area contributed by atoms with Gasteiger partial charge in [-0.15, -0.1) is 0 Å². The van der Waals surface area contributed by atoms with Gasteiger partial charge in [-0.2, -0.15) is 18.3 Å². The Kier molecular flexibility index (Phi) is 3.70. The number of halogens is 3. The number of aryl methyl sites for hydroxylation is 1. The van der Waals surface area contributed by atoms with Gasteiger partial charge in [0, 0.05) is 29.9 Å². The Balaban J connectivity index is 2.40. The number of aromatic carboxylic acids is 1. The fourth-order valence-electron chi connectivity index (χ4n) is 2.56. The maximum Gasteiger partial charge on any atom is 0.433 e. The smallest absolute Gasteiger partial charge is 0.433 e. The lowest BCUT2D eigenvalue weighted by Gasteiger charge is -2.09. The Morgan fingerprint density at radius 2 is 2.08 bits per heavy atom. The second kappa shape index (κ2) is 5.59. The van der Waals surface area contributed by atoms with E-state index in [0.717, 1.165) is 0 Å². The average molecular weight is 336 g/mol. The van der Waals surface area contributed by atoms with Crippen molar-refractivity contribution in [3.05, 3.63) is 42.0 Å². The van der Waals surface area contributed by atoms with E-state index in [0.29, 0.717) is 15.6 Å². The van der Waals surface area contributed by atoms with Crippen LogP contribution in [0.5, 0.6) is 0 Å². The maximum atomic E-state index is 13.3. The third-order valence-corrected chi connectivity index (χ3v) is 3.52. The lowest BCUT2D eigenvalue weighted by atomic mass is 10.0. The van der Waals surface area contributed by atoms with Crippen molar-refractivity contribution in [1.29, 1.82) is 0 Å². The van der Waals surface area contributed by atoms with Crippen LogP contribution in [-0.4, -0.2) is 30.8 Å². The third kappa shape index (κ3) is 2.47. The first kappa shape index (κ1) is 15.9. The molecule has 124 valence electrons. The summed E-state index contributed by atoms with van der Waals surface area (Å²) in [6, 6.07) is 3.23. The van der Waals surface area contributed by atoms with Gasteiger partial charge in [-0.1, -0.05) is 6.07 Å². The molecule has 3 aromatic rings. The van der Waals surface area contributed by atoms with E-state index in [1.807, 2.05) is 0 Å². The van der Waals surface area contributed by atoms with Crippen molar-refractivity contribution < 1.29 is 23.1 Å². The third-order valence-electron chi connectivity index (χ3n) is 3.52. The first-order chi connectivity index (χ1) is 11.3. The Morgan fingerprint density at radius 3 is 2.71 bits per heavy atom. The highest BCUT2D eigenvalue weighted by Crippen LogP contribution is 2.38. The average Bonchev–Trinajstić information content (AvgIpc) is 2.94. The van der Waals surface area contributed by atoms with Gasteiger partial charge in [-0.05, 0) is 13.0 Å².